The van der Waals surface area contributed by atoms with Crippen LogP contribution in [0.1, 0.15) is 31.2 Å². The fourth-order valence-corrected chi connectivity index (χ4v) is 2.01. The quantitative estimate of drug-likeness (QED) is 0.518. The number of nitrogens with zero attached hydrogens (tertiary/aromatic N) is 2. The molecule has 1 atom stereocenters. The first-order valence-corrected chi connectivity index (χ1v) is 7.08. The summed E-state index contributed by atoms with van der Waals surface area (Å²) in [5.74, 6) is -0.357. The maximum absolute atomic E-state index is 11.1. The minimum Gasteiger partial charge on any atom is -0.466 e. The maximum atomic E-state index is 11.1. The van der Waals surface area contributed by atoms with E-state index in [0.29, 0.717) is 13.2 Å². The van der Waals surface area contributed by atoms with Gasteiger partial charge in [-0.05, 0) is 39.8 Å². The normalized spacial score (nSPS) is 12.4. The number of carbonyl (C=O) groups excluding carboxylic acids is 1. The molecule has 0 spiro atoms. The van der Waals surface area contributed by atoms with Gasteiger partial charge in [-0.3, -0.25) is 9.48 Å². The first-order valence-electron chi connectivity index (χ1n) is 7.08. The second-order valence-electron chi connectivity index (χ2n) is 4.87. The van der Waals surface area contributed by atoms with Gasteiger partial charge in [0, 0.05) is 18.8 Å². The highest BCUT2D eigenvalue weighted by Gasteiger charge is 2.10. The van der Waals surface area contributed by atoms with Crippen molar-refractivity contribution in [2.24, 2.45) is 0 Å². The van der Waals surface area contributed by atoms with Crippen LogP contribution in [0.15, 0.2) is 6.07 Å². The van der Waals surface area contributed by atoms with Gasteiger partial charge in [0.15, 0.2) is 0 Å². The van der Waals surface area contributed by atoms with Crippen LogP contribution in [0.3, 0.4) is 0 Å². The molecule has 2 N–H and O–H groups in total. The topological polar surface area (TPSA) is 76.4 Å². The van der Waals surface area contributed by atoms with Crippen molar-refractivity contribution in [2.45, 2.75) is 46.3 Å². The average molecular weight is 283 g/mol. The SMILES string of the molecule is CCOC(=O)CC(O)CNCCCn1nc(C)cc1C. The van der Waals surface area contributed by atoms with Crippen molar-refractivity contribution in [1.29, 1.82) is 0 Å². The van der Waals surface area contributed by atoms with Gasteiger partial charge in [-0.1, -0.05) is 0 Å². The van der Waals surface area contributed by atoms with Crippen LogP contribution >= 0.6 is 0 Å². The number of rotatable bonds is 9. The average Bonchev–Trinajstić information content (AvgIpc) is 2.67. The van der Waals surface area contributed by atoms with E-state index >= 15 is 0 Å². The van der Waals surface area contributed by atoms with Crippen LogP contribution in [-0.4, -0.2) is 46.7 Å². The number of aliphatic hydroxyl groups is 1. The summed E-state index contributed by atoms with van der Waals surface area (Å²) in [6.45, 7) is 8.14. The lowest BCUT2D eigenvalue weighted by Gasteiger charge is -2.11. The Kier molecular flexibility index (Phi) is 7.25. The minimum absolute atomic E-state index is 0.0400. The van der Waals surface area contributed by atoms with E-state index < -0.39 is 6.10 Å². The van der Waals surface area contributed by atoms with Crippen molar-refractivity contribution in [3.05, 3.63) is 17.5 Å². The highest BCUT2D eigenvalue weighted by atomic mass is 16.5. The van der Waals surface area contributed by atoms with Gasteiger partial charge in [0.2, 0.25) is 0 Å². The molecule has 1 aromatic heterocycles. The van der Waals surface area contributed by atoms with E-state index in [1.54, 1.807) is 6.92 Å². The van der Waals surface area contributed by atoms with Gasteiger partial charge in [0.05, 0.1) is 24.8 Å². The predicted octanol–water partition coefficient (Wildman–Crippen LogP) is 0.794. The number of hydrogen-bond donors (Lipinski definition) is 2. The smallest absolute Gasteiger partial charge is 0.308 e. The zero-order valence-electron chi connectivity index (χ0n) is 12.6. The molecule has 0 radical (unpaired) electrons. The molecule has 0 aliphatic heterocycles. The minimum atomic E-state index is -0.692. The molecule has 0 bridgehead atoms. The number of nitrogens with one attached hydrogen (secondary N) is 1. The number of aliphatic hydroxyl groups excluding tert-OH is 1. The molecule has 6 heteroatoms. The van der Waals surface area contributed by atoms with E-state index in [4.69, 9.17) is 4.74 Å². The molecule has 20 heavy (non-hydrogen) atoms. The van der Waals surface area contributed by atoms with Crippen molar-refractivity contribution in [3.63, 3.8) is 0 Å². The third-order valence-corrected chi connectivity index (χ3v) is 2.91. The second-order valence-corrected chi connectivity index (χ2v) is 4.87. The van der Waals surface area contributed by atoms with Crippen LogP contribution < -0.4 is 5.32 Å². The number of carbonyl (C=O) groups is 1. The van der Waals surface area contributed by atoms with Crippen LogP contribution in [-0.2, 0) is 16.1 Å². The molecule has 0 aliphatic rings. The van der Waals surface area contributed by atoms with Crippen LogP contribution in [0.5, 0.6) is 0 Å². The lowest BCUT2D eigenvalue weighted by atomic mass is 10.2. The summed E-state index contributed by atoms with van der Waals surface area (Å²) < 4.78 is 6.75. The summed E-state index contributed by atoms with van der Waals surface area (Å²) in [4.78, 5) is 11.1. The first-order chi connectivity index (χ1) is 9.52. The number of hydrogen-bond acceptors (Lipinski definition) is 5. The van der Waals surface area contributed by atoms with Gasteiger partial charge in [-0.25, -0.2) is 0 Å². The molecule has 0 saturated carbocycles. The van der Waals surface area contributed by atoms with Crippen molar-refractivity contribution < 1.29 is 14.6 Å². The Hall–Kier alpha value is -1.40. The van der Waals surface area contributed by atoms with E-state index in [1.807, 2.05) is 18.5 Å². The Labute approximate surface area is 120 Å². The Balaban J connectivity index is 2.10. The lowest BCUT2D eigenvalue weighted by molar-refractivity contribution is -0.145. The monoisotopic (exact) mass is 283 g/mol. The summed E-state index contributed by atoms with van der Waals surface area (Å²) in [5, 5.41) is 17.1. The van der Waals surface area contributed by atoms with Crippen molar-refractivity contribution >= 4 is 5.97 Å². The Morgan fingerprint density at radius 2 is 2.30 bits per heavy atom. The van der Waals surface area contributed by atoms with Gasteiger partial charge in [0.1, 0.15) is 0 Å². The van der Waals surface area contributed by atoms with Gasteiger partial charge < -0.3 is 15.2 Å². The van der Waals surface area contributed by atoms with Gasteiger partial charge in [0.25, 0.3) is 0 Å². The van der Waals surface area contributed by atoms with Crippen LogP contribution in [0.25, 0.3) is 0 Å². The standard InChI is InChI=1S/C14H25N3O3/c1-4-20-14(19)9-13(18)10-15-6-5-7-17-12(3)8-11(2)16-17/h8,13,15,18H,4-7,9-10H2,1-3H3. The molecule has 0 fully saturated rings. The highest BCUT2D eigenvalue weighted by Crippen LogP contribution is 2.02. The molecule has 0 aromatic carbocycles. The van der Waals surface area contributed by atoms with Crippen molar-refractivity contribution in [2.75, 3.05) is 19.7 Å². The molecule has 1 aromatic rings. The van der Waals surface area contributed by atoms with Crippen molar-refractivity contribution in [3.8, 4) is 0 Å². The van der Waals surface area contributed by atoms with E-state index in [1.165, 1.54) is 0 Å². The summed E-state index contributed by atoms with van der Waals surface area (Å²) in [6.07, 6.45) is 0.273. The predicted molar refractivity (Wildman–Crippen MR) is 76.4 cm³/mol. The molecular formula is C14H25N3O3. The van der Waals surface area contributed by atoms with E-state index in [2.05, 4.69) is 16.5 Å². The van der Waals surface area contributed by atoms with Gasteiger partial charge >= 0.3 is 5.97 Å². The van der Waals surface area contributed by atoms with E-state index in [0.717, 1.165) is 30.9 Å². The second kappa shape index (κ2) is 8.71. The number of aryl methyl sites for hydroxylation is 3. The number of aromatic nitrogens is 2. The van der Waals surface area contributed by atoms with Crippen LogP contribution in [0.4, 0.5) is 0 Å². The first kappa shape index (κ1) is 16.7. The molecular weight excluding hydrogens is 258 g/mol. The molecule has 1 heterocycles. The number of ether oxygens (including phenoxy) is 1. The fourth-order valence-electron chi connectivity index (χ4n) is 2.01. The largest absolute Gasteiger partial charge is 0.466 e. The summed E-state index contributed by atoms with van der Waals surface area (Å²) in [6, 6.07) is 2.05. The molecule has 0 aliphatic carbocycles. The van der Waals surface area contributed by atoms with Gasteiger partial charge in [-0.15, -0.1) is 0 Å². The summed E-state index contributed by atoms with van der Waals surface area (Å²) in [7, 11) is 0. The van der Waals surface area contributed by atoms with E-state index in [-0.39, 0.29) is 12.4 Å². The number of esters is 1. The Morgan fingerprint density at radius 1 is 1.55 bits per heavy atom. The molecule has 1 unspecified atom stereocenters. The maximum Gasteiger partial charge on any atom is 0.308 e. The van der Waals surface area contributed by atoms with Crippen LogP contribution in [0, 0.1) is 13.8 Å². The molecule has 0 saturated heterocycles. The fraction of sp³-hybridized carbons (Fsp3) is 0.714. The summed E-state index contributed by atoms with van der Waals surface area (Å²) in [5.41, 5.74) is 2.19. The Morgan fingerprint density at radius 3 is 2.90 bits per heavy atom. The molecule has 6 nitrogen and oxygen atoms in total. The zero-order valence-corrected chi connectivity index (χ0v) is 12.6. The van der Waals surface area contributed by atoms with Gasteiger partial charge in [-0.2, -0.15) is 5.10 Å². The van der Waals surface area contributed by atoms with Crippen LogP contribution in [0.2, 0.25) is 0 Å². The third-order valence-electron chi connectivity index (χ3n) is 2.91. The molecule has 114 valence electrons. The highest BCUT2D eigenvalue weighted by molar-refractivity contribution is 5.69. The third kappa shape index (κ3) is 6.16. The van der Waals surface area contributed by atoms with Crippen molar-refractivity contribution in [1.82, 2.24) is 15.1 Å². The van der Waals surface area contributed by atoms with E-state index in [9.17, 15) is 9.90 Å². The summed E-state index contributed by atoms with van der Waals surface area (Å²) >= 11 is 0. The molecule has 1 rings (SSSR count). The Bertz CT molecular complexity index is 418. The lowest BCUT2D eigenvalue weighted by Crippen LogP contribution is -2.30. The molecule has 0 amide bonds. The zero-order chi connectivity index (χ0) is 15.0.